The van der Waals surface area contributed by atoms with E-state index in [-0.39, 0.29) is 11.7 Å². The zero-order valence-electron chi connectivity index (χ0n) is 14.7. The minimum atomic E-state index is -1.39. The molecule has 0 saturated heterocycles. The van der Waals surface area contributed by atoms with Crippen molar-refractivity contribution in [3.05, 3.63) is 30.1 Å². The zero-order valence-corrected chi connectivity index (χ0v) is 14.7. The van der Waals surface area contributed by atoms with Crippen LogP contribution < -0.4 is 15.4 Å². The Balaban J connectivity index is 2.44. The predicted octanol–water partition coefficient (Wildman–Crippen LogP) is 2.01. The fourth-order valence-corrected chi connectivity index (χ4v) is 1.65. The first-order chi connectivity index (χ1) is 11.6. The first-order valence-electron chi connectivity index (χ1n) is 7.79. The Kier molecular flexibility index (Phi) is 7.35. The van der Waals surface area contributed by atoms with E-state index in [4.69, 9.17) is 9.47 Å². The van der Waals surface area contributed by atoms with Crippen LogP contribution in [0.2, 0.25) is 0 Å². The Morgan fingerprint density at radius 1 is 1.16 bits per heavy atom. The Morgan fingerprint density at radius 2 is 1.76 bits per heavy atom. The van der Waals surface area contributed by atoms with Gasteiger partial charge >= 0.3 is 12.0 Å². The Morgan fingerprint density at radius 3 is 2.32 bits per heavy atom. The Labute approximate surface area is 145 Å². The number of benzene rings is 1. The van der Waals surface area contributed by atoms with Crippen molar-refractivity contribution in [1.29, 1.82) is 0 Å². The van der Waals surface area contributed by atoms with E-state index in [2.05, 4.69) is 5.32 Å². The van der Waals surface area contributed by atoms with Gasteiger partial charge < -0.3 is 14.8 Å². The summed E-state index contributed by atoms with van der Waals surface area (Å²) in [6, 6.07) is 4.48. The molecular formula is C17H23FN2O5. The minimum absolute atomic E-state index is 0.239. The van der Waals surface area contributed by atoms with Crippen LogP contribution in [-0.2, 0) is 14.3 Å². The standard InChI is InChI=1S/C17H23FN2O5/c1-11(2)9-19-16(23)20-14(21)10-24-15(22)17(3,4)25-13-7-5-12(18)6-8-13/h5-8,11H,9-10H2,1-4H3,(H2,19,20,21,23). The third-order valence-electron chi connectivity index (χ3n) is 2.94. The van der Waals surface area contributed by atoms with Crippen LogP contribution in [0.15, 0.2) is 24.3 Å². The summed E-state index contributed by atoms with van der Waals surface area (Å²) in [5, 5.41) is 4.55. The first kappa shape index (κ1) is 20.4. The summed E-state index contributed by atoms with van der Waals surface area (Å²) in [4.78, 5) is 35.1. The number of hydrogen-bond acceptors (Lipinski definition) is 5. The third-order valence-corrected chi connectivity index (χ3v) is 2.94. The monoisotopic (exact) mass is 354 g/mol. The van der Waals surface area contributed by atoms with Gasteiger partial charge in [-0.15, -0.1) is 0 Å². The van der Waals surface area contributed by atoms with Crippen molar-refractivity contribution in [1.82, 2.24) is 10.6 Å². The summed E-state index contributed by atoms with van der Waals surface area (Å²) in [5.74, 6) is -1.47. The molecule has 0 unspecified atom stereocenters. The lowest BCUT2D eigenvalue weighted by Crippen LogP contribution is -2.45. The van der Waals surface area contributed by atoms with Gasteiger partial charge in [-0.05, 0) is 44.0 Å². The first-order valence-corrected chi connectivity index (χ1v) is 7.79. The molecule has 0 radical (unpaired) electrons. The number of imide groups is 1. The lowest BCUT2D eigenvalue weighted by Gasteiger charge is -2.24. The average Bonchev–Trinajstić information content (AvgIpc) is 2.52. The molecule has 0 aliphatic rings. The predicted molar refractivity (Wildman–Crippen MR) is 88.4 cm³/mol. The van der Waals surface area contributed by atoms with Crippen molar-refractivity contribution in [2.45, 2.75) is 33.3 Å². The molecule has 1 aromatic rings. The number of hydrogen-bond donors (Lipinski definition) is 2. The molecule has 0 atom stereocenters. The van der Waals surface area contributed by atoms with Crippen LogP contribution in [0.5, 0.6) is 5.75 Å². The van der Waals surface area contributed by atoms with Gasteiger partial charge in [0.15, 0.2) is 12.2 Å². The molecule has 138 valence electrons. The number of carbonyl (C=O) groups excluding carboxylic acids is 3. The van der Waals surface area contributed by atoms with Crippen LogP contribution >= 0.6 is 0 Å². The van der Waals surface area contributed by atoms with Gasteiger partial charge in [-0.3, -0.25) is 10.1 Å². The highest BCUT2D eigenvalue weighted by molar-refractivity contribution is 5.95. The van der Waals surface area contributed by atoms with E-state index in [0.717, 1.165) is 0 Å². The summed E-state index contributed by atoms with van der Waals surface area (Å²) >= 11 is 0. The zero-order chi connectivity index (χ0) is 19.0. The van der Waals surface area contributed by atoms with Crippen LogP contribution in [0.3, 0.4) is 0 Å². The average molecular weight is 354 g/mol. The second-order valence-corrected chi connectivity index (χ2v) is 6.29. The van der Waals surface area contributed by atoms with E-state index in [1.165, 1.54) is 38.1 Å². The molecule has 0 saturated carbocycles. The molecule has 0 aliphatic carbocycles. The van der Waals surface area contributed by atoms with Crippen molar-refractivity contribution in [3.8, 4) is 5.75 Å². The van der Waals surface area contributed by atoms with Crippen LogP contribution in [0.25, 0.3) is 0 Å². The van der Waals surface area contributed by atoms with Crippen LogP contribution in [0, 0.1) is 11.7 Å². The number of nitrogens with one attached hydrogen (secondary N) is 2. The number of rotatable bonds is 7. The molecule has 7 nitrogen and oxygen atoms in total. The van der Waals surface area contributed by atoms with Gasteiger partial charge in [-0.1, -0.05) is 13.8 Å². The molecule has 3 amide bonds. The lowest BCUT2D eigenvalue weighted by molar-refractivity contribution is -0.161. The number of amides is 3. The minimum Gasteiger partial charge on any atom is -0.476 e. The van der Waals surface area contributed by atoms with Crippen molar-refractivity contribution < 1.29 is 28.2 Å². The maximum atomic E-state index is 12.9. The van der Waals surface area contributed by atoms with Crippen LogP contribution in [-0.4, -0.2) is 36.7 Å². The molecule has 0 aromatic heterocycles. The number of ether oxygens (including phenoxy) is 2. The molecule has 25 heavy (non-hydrogen) atoms. The summed E-state index contributed by atoms with van der Waals surface area (Å²) in [6.45, 7) is 6.51. The van der Waals surface area contributed by atoms with Gasteiger partial charge in [0, 0.05) is 6.54 Å². The van der Waals surface area contributed by atoms with Gasteiger partial charge in [0.1, 0.15) is 11.6 Å². The molecular weight excluding hydrogens is 331 g/mol. The highest BCUT2D eigenvalue weighted by atomic mass is 19.1. The quantitative estimate of drug-likeness (QED) is 0.731. The van der Waals surface area contributed by atoms with Crippen molar-refractivity contribution in [2.24, 2.45) is 5.92 Å². The normalized spacial score (nSPS) is 11.0. The summed E-state index contributed by atoms with van der Waals surface area (Å²) in [7, 11) is 0. The molecule has 1 aromatic carbocycles. The maximum absolute atomic E-state index is 12.9. The number of halogens is 1. The fourth-order valence-electron chi connectivity index (χ4n) is 1.65. The topological polar surface area (TPSA) is 93.7 Å². The molecule has 0 aliphatic heterocycles. The number of carbonyl (C=O) groups is 3. The lowest BCUT2D eigenvalue weighted by atomic mass is 10.1. The van der Waals surface area contributed by atoms with E-state index in [1.54, 1.807) is 0 Å². The van der Waals surface area contributed by atoms with Gasteiger partial charge in [-0.2, -0.15) is 0 Å². The van der Waals surface area contributed by atoms with Crippen molar-refractivity contribution >= 4 is 17.9 Å². The highest BCUT2D eigenvalue weighted by Gasteiger charge is 2.32. The summed E-state index contributed by atoms with van der Waals surface area (Å²) < 4.78 is 23.2. The number of esters is 1. The van der Waals surface area contributed by atoms with Gasteiger partial charge in [0.25, 0.3) is 5.91 Å². The SMILES string of the molecule is CC(C)CNC(=O)NC(=O)COC(=O)C(C)(C)Oc1ccc(F)cc1. The molecule has 2 N–H and O–H groups in total. The van der Waals surface area contributed by atoms with Crippen molar-refractivity contribution in [2.75, 3.05) is 13.2 Å². The Hall–Kier alpha value is -2.64. The van der Waals surface area contributed by atoms with E-state index < -0.39 is 35.9 Å². The largest absolute Gasteiger partial charge is 0.476 e. The maximum Gasteiger partial charge on any atom is 0.350 e. The van der Waals surface area contributed by atoms with Crippen LogP contribution in [0.1, 0.15) is 27.7 Å². The molecule has 0 fully saturated rings. The van der Waals surface area contributed by atoms with Crippen LogP contribution in [0.4, 0.5) is 9.18 Å². The number of urea groups is 1. The smallest absolute Gasteiger partial charge is 0.350 e. The summed E-state index contributed by atoms with van der Waals surface area (Å²) in [6.07, 6.45) is 0. The van der Waals surface area contributed by atoms with Gasteiger partial charge in [0.05, 0.1) is 0 Å². The highest BCUT2D eigenvalue weighted by Crippen LogP contribution is 2.19. The molecule has 0 bridgehead atoms. The molecule has 8 heteroatoms. The van der Waals surface area contributed by atoms with Crippen molar-refractivity contribution in [3.63, 3.8) is 0 Å². The molecule has 0 spiro atoms. The second-order valence-electron chi connectivity index (χ2n) is 6.29. The summed E-state index contributed by atoms with van der Waals surface area (Å²) in [5.41, 5.74) is -1.39. The molecule has 1 rings (SSSR count). The van der Waals surface area contributed by atoms with E-state index >= 15 is 0 Å². The fraction of sp³-hybridized carbons (Fsp3) is 0.471. The van der Waals surface area contributed by atoms with Gasteiger partial charge in [0.2, 0.25) is 0 Å². The van der Waals surface area contributed by atoms with E-state index in [0.29, 0.717) is 6.54 Å². The Bertz CT molecular complexity index is 614. The van der Waals surface area contributed by atoms with E-state index in [1.807, 2.05) is 19.2 Å². The second kappa shape index (κ2) is 9.00. The molecule has 0 heterocycles. The van der Waals surface area contributed by atoms with Gasteiger partial charge in [-0.25, -0.2) is 14.0 Å². The third kappa shape index (κ3) is 7.65. The van der Waals surface area contributed by atoms with E-state index in [9.17, 15) is 18.8 Å².